The van der Waals surface area contributed by atoms with E-state index in [0.717, 1.165) is 36.8 Å². The van der Waals surface area contributed by atoms with Crippen LogP contribution < -0.4 is 5.32 Å². The number of hydrogen-bond donors (Lipinski definition) is 2. The van der Waals surface area contributed by atoms with Crippen molar-refractivity contribution in [1.29, 1.82) is 0 Å². The number of hydrogen-bond acceptors (Lipinski definition) is 2. The molecular weight excluding hydrogens is 314 g/mol. The SMILES string of the molecule is CCCCCc1ccc(C(=O)O)c(NC(=O)C=Cc2ccccc2)c1. The van der Waals surface area contributed by atoms with Gasteiger partial charge in [-0.3, -0.25) is 4.79 Å². The molecule has 0 fully saturated rings. The fraction of sp³-hybridized carbons (Fsp3) is 0.238. The Morgan fingerprint density at radius 3 is 2.52 bits per heavy atom. The third-order valence-electron chi connectivity index (χ3n) is 3.87. The van der Waals surface area contributed by atoms with Crippen LogP contribution in [0.15, 0.2) is 54.6 Å². The van der Waals surface area contributed by atoms with Crippen LogP contribution in [-0.2, 0) is 11.2 Å². The van der Waals surface area contributed by atoms with Gasteiger partial charge in [-0.2, -0.15) is 0 Å². The Morgan fingerprint density at radius 2 is 1.84 bits per heavy atom. The lowest BCUT2D eigenvalue weighted by Gasteiger charge is -2.09. The molecule has 0 saturated carbocycles. The van der Waals surface area contributed by atoms with Crippen molar-refractivity contribution in [3.63, 3.8) is 0 Å². The van der Waals surface area contributed by atoms with Crippen LogP contribution in [0.5, 0.6) is 0 Å². The molecule has 0 aromatic heterocycles. The number of aryl methyl sites for hydroxylation is 1. The lowest BCUT2D eigenvalue weighted by Crippen LogP contribution is -2.12. The molecule has 0 saturated heterocycles. The quantitative estimate of drug-likeness (QED) is 0.538. The maximum atomic E-state index is 12.1. The minimum Gasteiger partial charge on any atom is -0.478 e. The van der Waals surface area contributed by atoms with Crippen LogP contribution >= 0.6 is 0 Å². The van der Waals surface area contributed by atoms with Crippen molar-refractivity contribution in [3.05, 3.63) is 71.3 Å². The average Bonchev–Trinajstić information content (AvgIpc) is 2.61. The summed E-state index contributed by atoms with van der Waals surface area (Å²) < 4.78 is 0. The first-order chi connectivity index (χ1) is 12.1. The highest BCUT2D eigenvalue weighted by Crippen LogP contribution is 2.20. The molecule has 2 rings (SSSR count). The molecule has 0 spiro atoms. The summed E-state index contributed by atoms with van der Waals surface area (Å²) in [7, 11) is 0. The lowest BCUT2D eigenvalue weighted by atomic mass is 10.0. The topological polar surface area (TPSA) is 66.4 Å². The molecule has 0 aliphatic heterocycles. The van der Waals surface area contributed by atoms with Crippen LogP contribution in [0.25, 0.3) is 6.08 Å². The summed E-state index contributed by atoms with van der Waals surface area (Å²) in [4.78, 5) is 23.5. The van der Waals surface area contributed by atoms with Gasteiger partial charge in [-0.05, 0) is 42.2 Å². The summed E-state index contributed by atoms with van der Waals surface area (Å²) in [5.74, 6) is -1.40. The summed E-state index contributed by atoms with van der Waals surface area (Å²) in [6, 6.07) is 14.6. The number of carbonyl (C=O) groups is 2. The van der Waals surface area contributed by atoms with Gasteiger partial charge in [0.15, 0.2) is 0 Å². The van der Waals surface area contributed by atoms with E-state index in [1.807, 2.05) is 36.4 Å². The van der Waals surface area contributed by atoms with Gasteiger partial charge < -0.3 is 10.4 Å². The molecule has 1 amide bonds. The van der Waals surface area contributed by atoms with Gasteiger partial charge in [0, 0.05) is 6.08 Å². The molecule has 2 aromatic rings. The number of amides is 1. The van der Waals surface area contributed by atoms with Gasteiger partial charge in [-0.1, -0.05) is 56.2 Å². The van der Waals surface area contributed by atoms with Crippen molar-refractivity contribution in [2.75, 3.05) is 5.32 Å². The summed E-state index contributed by atoms with van der Waals surface area (Å²) in [6.07, 6.45) is 7.27. The molecule has 25 heavy (non-hydrogen) atoms. The van der Waals surface area contributed by atoms with Crippen LogP contribution in [0, 0.1) is 0 Å². The van der Waals surface area contributed by atoms with Crippen molar-refractivity contribution in [2.45, 2.75) is 32.6 Å². The Hall–Kier alpha value is -2.88. The lowest BCUT2D eigenvalue weighted by molar-refractivity contribution is -0.111. The van der Waals surface area contributed by atoms with Crippen molar-refractivity contribution >= 4 is 23.6 Å². The molecule has 4 heteroatoms. The van der Waals surface area contributed by atoms with E-state index in [0.29, 0.717) is 5.69 Å². The normalized spacial score (nSPS) is 10.8. The van der Waals surface area contributed by atoms with Crippen molar-refractivity contribution in [3.8, 4) is 0 Å². The monoisotopic (exact) mass is 337 g/mol. The van der Waals surface area contributed by atoms with Crippen LogP contribution in [0.2, 0.25) is 0 Å². The number of carbonyl (C=O) groups excluding carboxylic acids is 1. The second-order valence-electron chi connectivity index (χ2n) is 5.88. The number of aromatic carboxylic acids is 1. The predicted molar refractivity (Wildman–Crippen MR) is 101 cm³/mol. The van der Waals surface area contributed by atoms with E-state index in [1.54, 1.807) is 18.2 Å². The second-order valence-corrected chi connectivity index (χ2v) is 5.88. The minimum atomic E-state index is -1.05. The van der Waals surface area contributed by atoms with Crippen LogP contribution in [-0.4, -0.2) is 17.0 Å². The van der Waals surface area contributed by atoms with Crippen LogP contribution in [0.3, 0.4) is 0 Å². The fourth-order valence-corrected chi connectivity index (χ4v) is 2.53. The smallest absolute Gasteiger partial charge is 0.337 e. The Balaban J connectivity index is 2.12. The fourth-order valence-electron chi connectivity index (χ4n) is 2.53. The Morgan fingerprint density at radius 1 is 1.08 bits per heavy atom. The molecule has 0 unspecified atom stereocenters. The Kier molecular flexibility index (Phi) is 6.96. The predicted octanol–water partition coefficient (Wildman–Crippen LogP) is 4.77. The number of rotatable bonds is 8. The largest absolute Gasteiger partial charge is 0.478 e. The molecule has 0 atom stereocenters. The van der Waals surface area contributed by atoms with Gasteiger partial charge in [0.05, 0.1) is 11.3 Å². The molecule has 4 nitrogen and oxygen atoms in total. The first-order valence-corrected chi connectivity index (χ1v) is 8.50. The first kappa shape index (κ1) is 18.5. The highest BCUT2D eigenvalue weighted by molar-refractivity contribution is 6.06. The number of nitrogens with one attached hydrogen (secondary N) is 1. The minimum absolute atomic E-state index is 0.0979. The average molecular weight is 337 g/mol. The maximum absolute atomic E-state index is 12.1. The van der Waals surface area contributed by atoms with E-state index in [-0.39, 0.29) is 11.5 Å². The summed E-state index contributed by atoms with van der Waals surface area (Å²) in [5, 5.41) is 12.0. The molecule has 0 aliphatic carbocycles. The number of carboxylic acid groups (broad SMARTS) is 1. The van der Waals surface area contributed by atoms with Crippen molar-refractivity contribution in [1.82, 2.24) is 0 Å². The second kappa shape index (κ2) is 9.42. The molecular formula is C21H23NO3. The van der Waals surface area contributed by atoms with Crippen molar-refractivity contribution in [2.24, 2.45) is 0 Å². The molecule has 2 N–H and O–H groups in total. The van der Waals surface area contributed by atoms with Gasteiger partial charge in [-0.25, -0.2) is 4.79 Å². The highest BCUT2D eigenvalue weighted by atomic mass is 16.4. The highest BCUT2D eigenvalue weighted by Gasteiger charge is 2.12. The third kappa shape index (κ3) is 5.92. The zero-order chi connectivity index (χ0) is 18.1. The van der Waals surface area contributed by atoms with Crippen LogP contribution in [0.1, 0.15) is 47.7 Å². The number of anilines is 1. The molecule has 0 radical (unpaired) electrons. The van der Waals surface area contributed by atoms with Gasteiger partial charge >= 0.3 is 5.97 Å². The molecule has 0 bridgehead atoms. The Bertz CT molecular complexity index is 751. The van der Waals surface area contributed by atoms with E-state index >= 15 is 0 Å². The van der Waals surface area contributed by atoms with Gasteiger partial charge in [0.2, 0.25) is 5.91 Å². The van der Waals surface area contributed by atoms with Gasteiger partial charge in [0.25, 0.3) is 0 Å². The number of unbranched alkanes of at least 4 members (excludes halogenated alkanes) is 2. The van der Waals surface area contributed by atoms with E-state index in [2.05, 4.69) is 12.2 Å². The van der Waals surface area contributed by atoms with E-state index in [9.17, 15) is 14.7 Å². The zero-order valence-electron chi connectivity index (χ0n) is 14.4. The molecule has 0 heterocycles. The maximum Gasteiger partial charge on any atom is 0.337 e. The van der Waals surface area contributed by atoms with E-state index < -0.39 is 5.97 Å². The summed E-state index contributed by atoms with van der Waals surface area (Å²) in [6.45, 7) is 2.14. The molecule has 0 aliphatic rings. The molecule has 130 valence electrons. The van der Waals surface area contributed by atoms with E-state index in [1.165, 1.54) is 6.08 Å². The number of benzene rings is 2. The zero-order valence-corrected chi connectivity index (χ0v) is 14.4. The van der Waals surface area contributed by atoms with Crippen molar-refractivity contribution < 1.29 is 14.7 Å². The standard InChI is InChI=1S/C21H23NO3/c1-2-3-5-10-17-11-13-18(21(24)25)19(15-17)22-20(23)14-12-16-8-6-4-7-9-16/h4,6-9,11-15H,2-3,5,10H2,1H3,(H,22,23)(H,24,25). The molecule has 2 aromatic carbocycles. The third-order valence-corrected chi connectivity index (χ3v) is 3.87. The van der Waals surface area contributed by atoms with Gasteiger partial charge in [0.1, 0.15) is 0 Å². The van der Waals surface area contributed by atoms with Crippen LogP contribution in [0.4, 0.5) is 5.69 Å². The summed E-state index contributed by atoms with van der Waals surface area (Å²) >= 11 is 0. The van der Waals surface area contributed by atoms with E-state index in [4.69, 9.17) is 0 Å². The first-order valence-electron chi connectivity index (χ1n) is 8.50. The summed E-state index contributed by atoms with van der Waals surface area (Å²) in [5.41, 5.74) is 2.37. The Labute approximate surface area is 148 Å². The number of carboxylic acids is 1. The van der Waals surface area contributed by atoms with Gasteiger partial charge in [-0.15, -0.1) is 0 Å².